The summed E-state index contributed by atoms with van der Waals surface area (Å²) in [5.74, 6) is -0.527. The molecule has 1 aromatic rings. The number of aryl methyl sites for hydroxylation is 1. The minimum absolute atomic E-state index is 0. The summed E-state index contributed by atoms with van der Waals surface area (Å²) in [7, 11) is 0. The van der Waals surface area contributed by atoms with Gasteiger partial charge in [0.1, 0.15) is 0 Å². The van der Waals surface area contributed by atoms with Crippen LogP contribution in [-0.2, 0) is 4.79 Å². The van der Waals surface area contributed by atoms with Gasteiger partial charge in [-0.1, -0.05) is 29.8 Å². The Morgan fingerprint density at radius 3 is 2.59 bits per heavy atom. The Balaban J connectivity index is 0.00000242. The topological polar surface area (TPSA) is 52.6 Å². The Hall–Kier alpha value is -1.17. The second kappa shape index (κ2) is 7.90. The predicted molar refractivity (Wildman–Crippen MR) is 87.0 cm³/mol. The van der Waals surface area contributed by atoms with Gasteiger partial charge in [-0.15, -0.1) is 12.4 Å². The molecule has 1 fully saturated rings. The molecular formula is C16H24ClFN2O2. The lowest BCUT2D eigenvalue weighted by Crippen LogP contribution is -2.48. The first-order valence-electron chi connectivity index (χ1n) is 7.40. The van der Waals surface area contributed by atoms with Crippen LogP contribution in [0.1, 0.15) is 30.6 Å². The lowest BCUT2D eigenvalue weighted by Gasteiger charge is -2.29. The number of halogens is 2. The van der Waals surface area contributed by atoms with Gasteiger partial charge in [0, 0.05) is 19.5 Å². The highest BCUT2D eigenvalue weighted by Gasteiger charge is 2.44. The number of benzene rings is 1. The van der Waals surface area contributed by atoms with Gasteiger partial charge in [0.25, 0.3) is 5.91 Å². The standard InChI is InChI=1S/C16H23FN2O2.ClH/c1-3-19(15(21)16(17)8-9-18-11-16)10-14(20)13-6-4-12(2)5-7-13;/h4-7,14,18,20H,3,8-11H2,1-2H3;1H. The molecule has 2 unspecified atom stereocenters. The Labute approximate surface area is 137 Å². The number of hydrogen-bond acceptors (Lipinski definition) is 3. The average Bonchev–Trinajstić information content (AvgIpc) is 2.92. The number of likely N-dealkylation sites (N-methyl/N-ethyl adjacent to an activating group) is 1. The van der Waals surface area contributed by atoms with Crippen molar-refractivity contribution in [1.29, 1.82) is 0 Å². The van der Waals surface area contributed by atoms with Crippen LogP contribution in [0.15, 0.2) is 24.3 Å². The maximum Gasteiger partial charge on any atom is 0.261 e. The second-order valence-electron chi connectivity index (χ2n) is 5.66. The van der Waals surface area contributed by atoms with E-state index >= 15 is 0 Å². The molecule has 1 aromatic carbocycles. The fourth-order valence-corrected chi connectivity index (χ4v) is 2.59. The van der Waals surface area contributed by atoms with Crippen LogP contribution in [0.2, 0.25) is 0 Å². The number of carbonyl (C=O) groups is 1. The molecule has 22 heavy (non-hydrogen) atoms. The van der Waals surface area contributed by atoms with E-state index in [1.165, 1.54) is 4.90 Å². The lowest BCUT2D eigenvalue weighted by molar-refractivity contribution is -0.144. The van der Waals surface area contributed by atoms with Crippen molar-refractivity contribution in [1.82, 2.24) is 10.2 Å². The number of rotatable bonds is 5. The molecular weight excluding hydrogens is 307 g/mol. The van der Waals surface area contributed by atoms with Crippen LogP contribution in [0.25, 0.3) is 0 Å². The molecule has 2 rings (SSSR count). The van der Waals surface area contributed by atoms with Gasteiger partial charge in [0.15, 0.2) is 0 Å². The Morgan fingerprint density at radius 2 is 2.09 bits per heavy atom. The smallest absolute Gasteiger partial charge is 0.261 e. The van der Waals surface area contributed by atoms with E-state index in [9.17, 15) is 14.3 Å². The van der Waals surface area contributed by atoms with Gasteiger partial charge in [0.05, 0.1) is 12.6 Å². The third kappa shape index (κ3) is 4.18. The number of alkyl halides is 1. The molecule has 1 aliphatic heterocycles. The highest BCUT2D eigenvalue weighted by atomic mass is 35.5. The molecule has 1 heterocycles. The number of aliphatic hydroxyl groups is 1. The molecule has 0 saturated carbocycles. The highest BCUT2D eigenvalue weighted by molar-refractivity contribution is 5.86. The van der Waals surface area contributed by atoms with Crippen molar-refractivity contribution in [3.63, 3.8) is 0 Å². The Kier molecular flexibility index (Phi) is 6.78. The summed E-state index contributed by atoms with van der Waals surface area (Å²) in [5.41, 5.74) is 0.0154. The number of nitrogens with one attached hydrogen (secondary N) is 1. The maximum atomic E-state index is 14.5. The molecule has 1 aliphatic rings. The first kappa shape index (κ1) is 18.9. The Bertz CT molecular complexity index is 489. The molecule has 0 aliphatic carbocycles. The molecule has 0 radical (unpaired) electrons. The summed E-state index contributed by atoms with van der Waals surface area (Å²) in [6, 6.07) is 7.49. The van der Waals surface area contributed by atoms with Crippen LogP contribution in [0.5, 0.6) is 0 Å². The molecule has 124 valence electrons. The van der Waals surface area contributed by atoms with E-state index in [1.807, 2.05) is 31.2 Å². The summed E-state index contributed by atoms with van der Waals surface area (Å²) in [5, 5.41) is 13.1. The van der Waals surface area contributed by atoms with Gasteiger partial charge in [-0.25, -0.2) is 4.39 Å². The van der Waals surface area contributed by atoms with Crippen molar-refractivity contribution in [3.8, 4) is 0 Å². The molecule has 2 atom stereocenters. The fraction of sp³-hybridized carbons (Fsp3) is 0.562. The van der Waals surface area contributed by atoms with Crippen molar-refractivity contribution < 1.29 is 14.3 Å². The first-order chi connectivity index (χ1) is 9.96. The van der Waals surface area contributed by atoms with Gasteiger partial charge < -0.3 is 15.3 Å². The summed E-state index contributed by atoms with van der Waals surface area (Å²) >= 11 is 0. The van der Waals surface area contributed by atoms with Gasteiger partial charge in [-0.3, -0.25) is 4.79 Å². The largest absolute Gasteiger partial charge is 0.387 e. The summed E-state index contributed by atoms with van der Waals surface area (Å²) in [6.07, 6.45) is -0.601. The molecule has 0 bridgehead atoms. The Morgan fingerprint density at radius 1 is 1.45 bits per heavy atom. The zero-order chi connectivity index (χ0) is 15.5. The van der Waals surface area contributed by atoms with E-state index in [4.69, 9.17) is 0 Å². The fourth-order valence-electron chi connectivity index (χ4n) is 2.59. The van der Waals surface area contributed by atoms with Crippen LogP contribution in [0, 0.1) is 6.92 Å². The third-order valence-corrected chi connectivity index (χ3v) is 4.01. The monoisotopic (exact) mass is 330 g/mol. The van der Waals surface area contributed by atoms with E-state index < -0.39 is 17.7 Å². The quantitative estimate of drug-likeness (QED) is 0.868. The number of nitrogens with zero attached hydrogens (tertiary/aromatic N) is 1. The van der Waals surface area contributed by atoms with Crippen LogP contribution in [0.4, 0.5) is 4.39 Å². The molecule has 2 N–H and O–H groups in total. The second-order valence-corrected chi connectivity index (χ2v) is 5.66. The van der Waals surface area contributed by atoms with E-state index in [0.717, 1.165) is 11.1 Å². The number of amides is 1. The summed E-state index contributed by atoms with van der Waals surface area (Å²) < 4.78 is 14.5. The normalized spacial score (nSPS) is 22.0. The zero-order valence-corrected chi connectivity index (χ0v) is 13.8. The third-order valence-electron chi connectivity index (χ3n) is 4.01. The van der Waals surface area contributed by atoms with Crippen LogP contribution >= 0.6 is 12.4 Å². The predicted octanol–water partition coefficient (Wildman–Crippen LogP) is 2.00. The molecule has 1 saturated heterocycles. The summed E-state index contributed by atoms with van der Waals surface area (Å²) in [4.78, 5) is 13.7. The van der Waals surface area contributed by atoms with Crippen molar-refractivity contribution in [2.24, 2.45) is 0 Å². The van der Waals surface area contributed by atoms with E-state index in [-0.39, 0.29) is 31.9 Å². The van der Waals surface area contributed by atoms with Crippen LogP contribution in [-0.4, -0.2) is 47.8 Å². The highest BCUT2D eigenvalue weighted by Crippen LogP contribution is 2.24. The van der Waals surface area contributed by atoms with Gasteiger partial charge in [0.2, 0.25) is 5.67 Å². The van der Waals surface area contributed by atoms with Gasteiger partial charge >= 0.3 is 0 Å². The van der Waals surface area contributed by atoms with Crippen molar-refractivity contribution >= 4 is 18.3 Å². The van der Waals surface area contributed by atoms with E-state index in [2.05, 4.69) is 5.32 Å². The molecule has 6 heteroatoms. The minimum Gasteiger partial charge on any atom is -0.387 e. The van der Waals surface area contributed by atoms with Crippen molar-refractivity contribution in [3.05, 3.63) is 35.4 Å². The number of hydrogen-bond donors (Lipinski definition) is 2. The van der Waals surface area contributed by atoms with E-state index in [0.29, 0.717) is 13.1 Å². The maximum absolute atomic E-state index is 14.5. The average molecular weight is 331 g/mol. The zero-order valence-electron chi connectivity index (χ0n) is 13.0. The summed E-state index contributed by atoms with van der Waals surface area (Å²) in [6.45, 7) is 4.84. The van der Waals surface area contributed by atoms with Gasteiger partial charge in [-0.05, 0) is 26.0 Å². The SMILES string of the molecule is CCN(CC(O)c1ccc(C)cc1)C(=O)C1(F)CCNC1.Cl. The number of carbonyl (C=O) groups excluding carboxylic acids is 1. The number of aliphatic hydroxyl groups excluding tert-OH is 1. The van der Waals surface area contributed by atoms with Crippen molar-refractivity contribution in [2.45, 2.75) is 32.0 Å². The molecule has 4 nitrogen and oxygen atoms in total. The van der Waals surface area contributed by atoms with Crippen LogP contribution in [0.3, 0.4) is 0 Å². The molecule has 0 aromatic heterocycles. The van der Waals surface area contributed by atoms with Crippen LogP contribution < -0.4 is 5.32 Å². The first-order valence-corrected chi connectivity index (χ1v) is 7.40. The van der Waals surface area contributed by atoms with Gasteiger partial charge in [-0.2, -0.15) is 0 Å². The molecule has 1 amide bonds. The minimum atomic E-state index is -1.83. The van der Waals surface area contributed by atoms with Crippen molar-refractivity contribution in [2.75, 3.05) is 26.2 Å². The molecule has 0 spiro atoms. The van der Waals surface area contributed by atoms with E-state index in [1.54, 1.807) is 6.92 Å². The lowest BCUT2D eigenvalue weighted by atomic mass is 10.0.